The van der Waals surface area contributed by atoms with Crippen LogP contribution < -0.4 is 5.32 Å². The number of urea groups is 1. The zero-order valence-electron chi connectivity index (χ0n) is 15.7. The summed E-state index contributed by atoms with van der Waals surface area (Å²) in [4.78, 5) is 19.1. The number of nitrogens with one attached hydrogen (secondary N) is 1. The minimum Gasteiger partial charge on any atom is -0.378 e. The molecule has 2 amide bonds. The largest absolute Gasteiger partial charge is 0.378 e. The van der Waals surface area contributed by atoms with Crippen molar-refractivity contribution in [3.63, 3.8) is 0 Å². The van der Waals surface area contributed by atoms with Gasteiger partial charge in [-0.1, -0.05) is 0 Å². The number of rotatable bonds is 1. The summed E-state index contributed by atoms with van der Waals surface area (Å²) in [5, 5.41) is 8.28. The molecule has 1 atom stereocenters. The highest BCUT2D eigenvalue weighted by molar-refractivity contribution is 5.92. The van der Waals surface area contributed by atoms with Crippen molar-refractivity contribution in [3.05, 3.63) is 18.0 Å². The third kappa shape index (κ3) is 3.03. The van der Waals surface area contributed by atoms with Crippen LogP contribution in [-0.4, -0.2) is 63.2 Å². The van der Waals surface area contributed by atoms with Crippen LogP contribution in [-0.2, 0) is 16.5 Å². The zero-order valence-corrected chi connectivity index (χ0v) is 15.7. The first-order chi connectivity index (χ1) is 12.3. The van der Waals surface area contributed by atoms with Gasteiger partial charge >= 0.3 is 6.03 Å². The normalized spacial score (nSPS) is 25.2. The molecule has 26 heavy (non-hydrogen) atoms. The number of nitrogens with zero attached hydrogens (tertiary/aromatic N) is 4. The molecule has 0 saturated carbocycles. The van der Waals surface area contributed by atoms with Crippen molar-refractivity contribution in [2.75, 3.05) is 31.6 Å². The van der Waals surface area contributed by atoms with Crippen LogP contribution in [0, 0.1) is 6.92 Å². The average molecular weight is 359 g/mol. The number of hydrogen-bond donors (Lipinski definition) is 1. The van der Waals surface area contributed by atoms with E-state index in [4.69, 9.17) is 9.47 Å². The first-order valence-electron chi connectivity index (χ1n) is 8.90. The maximum Gasteiger partial charge on any atom is 0.322 e. The number of carbonyl (C=O) groups excluding carboxylic acids is 1. The molecule has 1 N–H and O–H groups in total. The van der Waals surface area contributed by atoms with Gasteiger partial charge in [-0.2, -0.15) is 5.10 Å². The summed E-state index contributed by atoms with van der Waals surface area (Å²) < 4.78 is 13.5. The highest BCUT2D eigenvalue weighted by Crippen LogP contribution is 2.34. The van der Waals surface area contributed by atoms with E-state index in [1.165, 1.54) is 0 Å². The predicted octanol–water partition coefficient (Wildman–Crippen LogP) is 2.08. The fourth-order valence-corrected chi connectivity index (χ4v) is 4.03. The molecular weight excluding hydrogens is 334 g/mol. The summed E-state index contributed by atoms with van der Waals surface area (Å²) in [5.74, 6) is 0. The molecule has 4 heterocycles. The molecule has 140 valence electrons. The molecule has 0 bridgehead atoms. The molecule has 1 unspecified atom stereocenters. The van der Waals surface area contributed by atoms with Gasteiger partial charge in [0.25, 0.3) is 0 Å². The Bertz CT molecular complexity index is 854. The van der Waals surface area contributed by atoms with Crippen LogP contribution in [0.2, 0.25) is 0 Å². The Labute approximate surface area is 152 Å². The van der Waals surface area contributed by atoms with Crippen molar-refractivity contribution in [1.29, 1.82) is 0 Å². The highest BCUT2D eigenvalue weighted by Gasteiger charge is 2.48. The minimum atomic E-state index is -0.411. The summed E-state index contributed by atoms with van der Waals surface area (Å²) >= 11 is 0. The summed E-state index contributed by atoms with van der Waals surface area (Å²) in [6.07, 6.45) is 2.48. The molecule has 8 heteroatoms. The van der Waals surface area contributed by atoms with E-state index in [0.717, 1.165) is 23.1 Å². The van der Waals surface area contributed by atoms with Crippen molar-refractivity contribution >= 4 is 22.8 Å². The molecule has 1 spiro atoms. The number of aryl methyl sites for hydroxylation is 2. The fourth-order valence-electron chi connectivity index (χ4n) is 4.03. The molecule has 4 rings (SSSR count). The van der Waals surface area contributed by atoms with Crippen LogP contribution in [0.15, 0.2) is 12.3 Å². The number of ether oxygens (including phenoxy) is 2. The average Bonchev–Trinajstić information content (AvgIpc) is 3.10. The SMILES string of the molecule is Cc1nn(C)c2ncc(NC(=O)N3CC(C)(C)OC4(CCOC4)C3)cc12. The van der Waals surface area contributed by atoms with Crippen molar-refractivity contribution < 1.29 is 14.3 Å². The lowest BCUT2D eigenvalue weighted by molar-refractivity contribution is -0.185. The second-order valence-corrected chi connectivity index (χ2v) is 7.94. The number of aromatic nitrogens is 3. The topological polar surface area (TPSA) is 81.5 Å². The number of carbonyl (C=O) groups is 1. The molecule has 2 fully saturated rings. The number of anilines is 1. The first-order valence-corrected chi connectivity index (χ1v) is 8.90. The Kier molecular flexibility index (Phi) is 3.92. The van der Waals surface area contributed by atoms with E-state index < -0.39 is 11.2 Å². The standard InChI is InChI=1S/C18H25N5O3/c1-12-14-7-13(8-19-15(14)22(4)21-12)20-16(24)23-9-17(2,3)26-18(10-23)5-6-25-11-18/h7-8H,5-6,9-11H2,1-4H3,(H,20,24). The molecule has 8 nitrogen and oxygen atoms in total. The number of amides is 2. The molecule has 2 aliphatic heterocycles. The molecule has 2 aliphatic rings. The smallest absolute Gasteiger partial charge is 0.322 e. The summed E-state index contributed by atoms with van der Waals surface area (Å²) in [5.41, 5.74) is 1.54. The predicted molar refractivity (Wildman–Crippen MR) is 97.2 cm³/mol. The monoisotopic (exact) mass is 359 g/mol. The molecule has 2 aromatic rings. The van der Waals surface area contributed by atoms with Gasteiger partial charge in [-0.3, -0.25) is 4.68 Å². The second kappa shape index (κ2) is 5.92. The fraction of sp³-hybridized carbons (Fsp3) is 0.611. The number of pyridine rings is 1. The highest BCUT2D eigenvalue weighted by atomic mass is 16.6. The number of morpholine rings is 1. The van der Waals surface area contributed by atoms with E-state index in [1.54, 1.807) is 10.9 Å². The quantitative estimate of drug-likeness (QED) is 0.843. The Morgan fingerprint density at radius 2 is 2.15 bits per heavy atom. The minimum absolute atomic E-state index is 0.143. The lowest BCUT2D eigenvalue weighted by Gasteiger charge is -2.47. The van der Waals surface area contributed by atoms with E-state index in [1.807, 2.05) is 38.8 Å². The van der Waals surface area contributed by atoms with E-state index in [0.29, 0.717) is 32.0 Å². The van der Waals surface area contributed by atoms with Gasteiger partial charge in [0.15, 0.2) is 5.65 Å². The summed E-state index contributed by atoms with van der Waals surface area (Å²) in [6.45, 7) is 8.23. The number of fused-ring (bicyclic) bond motifs is 1. The third-order valence-electron chi connectivity index (χ3n) is 5.01. The molecule has 0 aromatic carbocycles. The van der Waals surface area contributed by atoms with Gasteiger partial charge in [0.2, 0.25) is 0 Å². The van der Waals surface area contributed by atoms with Gasteiger partial charge in [0.05, 0.1) is 42.9 Å². The van der Waals surface area contributed by atoms with Crippen LogP contribution >= 0.6 is 0 Å². The Morgan fingerprint density at radius 1 is 1.35 bits per heavy atom. The lowest BCUT2D eigenvalue weighted by atomic mass is 9.95. The van der Waals surface area contributed by atoms with Crippen molar-refractivity contribution in [1.82, 2.24) is 19.7 Å². The van der Waals surface area contributed by atoms with E-state index in [-0.39, 0.29) is 6.03 Å². The molecular formula is C18H25N5O3. The van der Waals surface area contributed by atoms with Crippen molar-refractivity contribution in [2.45, 2.75) is 38.4 Å². The Hall–Kier alpha value is -2.19. The Morgan fingerprint density at radius 3 is 2.88 bits per heavy atom. The van der Waals surface area contributed by atoms with Crippen LogP contribution in [0.3, 0.4) is 0 Å². The second-order valence-electron chi connectivity index (χ2n) is 7.94. The van der Waals surface area contributed by atoms with Gasteiger partial charge in [-0.25, -0.2) is 9.78 Å². The third-order valence-corrected chi connectivity index (χ3v) is 5.01. The number of hydrogen-bond acceptors (Lipinski definition) is 5. The van der Waals surface area contributed by atoms with Gasteiger partial charge in [-0.15, -0.1) is 0 Å². The van der Waals surface area contributed by atoms with Gasteiger partial charge in [0, 0.05) is 25.5 Å². The van der Waals surface area contributed by atoms with Crippen molar-refractivity contribution in [3.8, 4) is 0 Å². The first kappa shape index (κ1) is 17.2. The van der Waals surface area contributed by atoms with E-state index in [9.17, 15) is 4.79 Å². The maximum atomic E-state index is 12.9. The molecule has 0 radical (unpaired) electrons. The van der Waals surface area contributed by atoms with E-state index in [2.05, 4.69) is 15.4 Å². The van der Waals surface area contributed by atoms with Crippen molar-refractivity contribution in [2.24, 2.45) is 7.05 Å². The van der Waals surface area contributed by atoms with Crippen LogP contribution in [0.5, 0.6) is 0 Å². The van der Waals surface area contributed by atoms with Gasteiger partial charge in [-0.05, 0) is 26.8 Å². The summed E-state index contributed by atoms with van der Waals surface area (Å²) in [7, 11) is 1.86. The maximum absolute atomic E-state index is 12.9. The summed E-state index contributed by atoms with van der Waals surface area (Å²) in [6, 6.07) is 1.78. The zero-order chi connectivity index (χ0) is 18.5. The Balaban J connectivity index is 1.54. The molecule has 2 aromatic heterocycles. The van der Waals surface area contributed by atoms with Crippen LogP contribution in [0.25, 0.3) is 11.0 Å². The van der Waals surface area contributed by atoms with Crippen LogP contribution in [0.4, 0.5) is 10.5 Å². The lowest BCUT2D eigenvalue weighted by Crippen LogP contribution is -2.62. The van der Waals surface area contributed by atoms with Gasteiger partial charge in [0.1, 0.15) is 5.60 Å². The van der Waals surface area contributed by atoms with Gasteiger partial charge < -0.3 is 19.7 Å². The van der Waals surface area contributed by atoms with E-state index >= 15 is 0 Å². The molecule has 2 saturated heterocycles. The van der Waals surface area contributed by atoms with Crippen LogP contribution in [0.1, 0.15) is 26.0 Å². The molecule has 0 aliphatic carbocycles.